The molecule has 1 atom stereocenters. The molecule has 4 nitrogen and oxygen atoms in total. The number of nitrogens with one attached hydrogen (secondary N) is 1. The molecule has 0 heterocycles. The molecule has 0 saturated heterocycles. The summed E-state index contributed by atoms with van der Waals surface area (Å²) in [4.78, 5) is 11.1. The molecule has 0 aliphatic carbocycles. The summed E-state index contributed by atoms with van der Waals surface area (Å²) in [7, 11) is -1.06. The van der Waals surface area contributed by atoms with Crippen molar-refractivity contribution in [1.29, 1.82) is 0 Å². The van der Waals surface area contributed by atoms with Gasteiger partial charge in [0, 0.05) is 22.6 Å². The third-order valence-electron chi connectivity index (χ3n) is 1.32. The maximum atomic E-state index is 11.2. The number of amides is 1. The summed E-state index contributed by atoms with van der Waals surface area (Å²) in [6.07, 6.45) is 0.710. The van der Waals surface area contributed by atoms with Gasteiger partial charge in [-0.1, -0.05) is 0 Å². The molecule has 0 fully saturated rings. The minimum atomic E-state index is -1.06. The number of hydrogen-bond acceptors (Lipinski definition) is 3. The highest BCUT2D eigenvalue weighted by Gasteiger charge is 2.07. The van der Waals surface area contributed by atoms with Crippen LogP contribution in [-0.4, -0.2) is 34.2 Å². The lowest BCUT2D eigenvalue weighted by molar-refractivity contribution is -0.119. The van der Waals surface area contributed by atoms with E-state index < -0.39 is 10.8 Å². The quantitative estimate of drug-likeness (QED) is 0.621. The predicted octanol–water partition coefficient (Wildman–Crippen LogP) is -0.391. The van der Waals surface area contributed by atoms with E-state index in [1.165, 1.54) is 0 Å². The molecule has 1 amide bonds. The first kappa shape index (κ1) is 12.6. The van der Waals surface area contributed by atoms with Crippen LogP contribution in [0.25, 0.3) is 0 Å². The average Bonchev–Trinajstić information content (AvgIpc) is 1.98. The second-order valence-electron chi connectivity index (χ2n) is 3.15. The van der Waals surface area contributed by atoms with Crippen molar-refractivity contribution >= 4 is 16.7 Å². The molecule has 0 spiro atoms. The standard InChI is InChI=1S/C8H18N2O2S/c1-7(2)10-8(11)6-13(12)5-3-4-9/h7H,3-6,9H2,1-2H3,(H,10,11). The van der Waals surface area contributed by atoms with Gasteiger partial charge in [-0.05, 0) is 26.8 Å². The van der Waals surface area contributed by atoms with Gasteiger partial charge in [0.25, 0.3) is 0 Å². The highest BCUT2D eigenvalue weighted by atomic mass is 32.2. The molecule has 0 saturated carbocycles. The second kappa shape index (κ2) is 7.03. The monoisotopic (exact) mass is 206 g/mol. The molecule has 0 aromatic rings. The van der Waals surface area contributed by atoms with Crippen molar-refractivity contribution in [2.75, 3.05) is 18.1 Å². The number of nitrogens with two attached hydrogens (primary N) is 1. The van der Waals surface area contributed by atoms with Gasteiger partial charge in [0.05, 0.1) is 0 Å². The Morgan fingerprint density at radius 2 is 2.15 bits per heavy atom. The smallest absolute Gasteiger partial charge is 0.232 e. The van der Waals surface area contributed by atoms with Crippen LogP contribution in [0.15, 0.2) is 0 Å². The first-order valence-electron chi connectivity index (χ1n) is 4.40. The third kappa shape index (κ3) is 7.93. The summed E-state index contributed by atoms with van der Waals surface area (Å²) in [6.45, 7) is 4.28. The molecular weight excluding hydrogens is 188 g/mol. The fourth-order valence-electron chi connectivity index (χ4n) is 0.826. The van der Waals surface area contributed by atoms with E-state index in [-0.39, 0.29) is 17.7 Å². The summed E-state index contributed by atoms with van der Waals surface area (Å²) in [5, 5.41) is 2.69. The molecule has 0 radical (unpaired) electrons. The van der Waals surface area contributed by atoms with Gasteiger partial charge in [0.1, 0.15) is 5.75 Å². The summed E-state index contributed by atoms with van der Waals surface area (Å²) >= 11 is 0. The largest absolute Gasteiger partial charge is 0.353 e. The topological polar surface area (TPSA) is 72.2 Å². The van der Waals surface area contributed by atoms with E-state index >= 15 is 0 Å². The van der Waals surface area contributed by atoms with E-state index in [9.17, 15) is 9.00 Å². The minimum absolute atomic E-state index is 0.0954. The van der Waals surface area contributed by atoms with Gasteiger partial charge in [0.2, 0.25) is 5.91 Å². The number of carbonyl (C=O) groups excluding carboxylic acids is 1. The number of rotatable bonds is 6. The van der Waals surface area contributed by atoms with Crippen molar-refractivity contribution in [3.63, 3.8) is 0 Å². The Kier molecular flexibility index (Phi) is 6.80. The Bertz CT molecular complexity index is 183. The molecule has 13 heavy (non-hydrogen) atoms. The zero-order chi connectivity index (χ0) is 10.3. The lowest BCUT2D eigenvalue weighted by atomic mass is 10.4. The van der Waals surface area contributed by atoms with E-state index in [4.69, 9.17) is 5.73 Å². The fraction of sp³-hybridized carbons (Fsp3) is 0.875. The summed E-state index contributed by atoms with van der Waals surface area (Å²) in [5.74, 6) is 0.463. The fourth-order valence-corrected chi connectivity index (χ4v) is 1.84. The zero-order valence-corrected chi connectivity index (χ0v) is 9.02. The normalized spacial score (nSPS) is 12.9. The molecule has 0 bridgehead atoms. The van der Waals surface area contributed by atoms with E-state index in [2.05, 4.69) is 5.32 Å². The Labute approximate surface area is 81.7 Å². The van der Waals surface area contributed by atoms with Crippen LogP contribution in [-0.2, 0) is 15.6 Å². The number of hydrogen-bond donors (Lipinski definition) is 2. The summed E-state index contributed by atoms with van der Waals surface area (Å²) < 4.78 is 11.2. The Hall–Kier alpha value is -0.420. The van der Waals surface area contributed by atoms with Crippen LogP contribution in [0, 0.1) is 0 Å². The summed E-state index contributed by atoms with van der Waals surface area (Å²) in [5.41, 5.74) is 5.25. The van der Waals surface area contributed by atoms with Crippen LogP contribution in [0.1, 0.15) is 20.3 Å². The maximum absolute atomic E-state index is 11.2. The Morgan fingerprint density at radius 3 is 2.62 bits per heavy atom. The highest BCUT2D eigenvalue weighted by molar-refractivity contribution is 7.85. The first-order chi connectivity index (χ1) is 6.06. The van der Waals surface area contributed by atoms with Crippen LogP contribution in [0.2, 0.25) is 0 Å². The molecule has 5 heteroatoms. The Balaban J connectivity index is 3.59. The molecule has 0 rings (SSSR count). The lowest BCUT2D eigenvalue weighted by Crippen LogP contribution is -2.34. The van der Waals surface area contributed by atoms with Gasteiger partial charge < -0.3 is 11.1 Å². The first-order valence-corrected chi connectivity index (χ1v) is 5.89. The lowest BCUT2D eigenvalue weighted by Gasteiger charge is -2.07. The van der Waals surface area contributed by atoms with Gasteiger partial charge in [-0.15, -0.1) is 0 Å². The van der Waals surface area contributed by atoms with Gasteiger partial charge in [0.15, 0.2) is 0 Å². The van der Waals surface area contributed by atoms with Crippen LogP contribution < -0.4 is 11.1 Å². The maximum Gasteiger partial charge on any atom is 0.232 e. The van der Waals surface area contributed by atoms with Crippen molar-refractivity contribution in [2.24, 2.45) is 5.73 Å². The van der Waals surface area contributed by atoms with Gasteiger partial charge in [-0.2, -0.15) is 0 Å². The summed E-state index contributed by atoms with van der Waals surface area (Å²) in [6, 6.07) is 0.110. The van der Waals surface area contributed by atoms with Crippen molar-refractivity contribution in [3.8, 4) is 0 Å². The third-order valence-corrected chi connectivity index (χ3v) is 2.65. The van der Waals surface area contributed by atoms with Crippen molar-refractivity contribution < 1.29 is 9.00 Å². The second-order valence-corrected chi connectivity index (χ2v) is 4.73. The van der Waals surface area contributed by atoms with Crippen molar-refractivity contribution in [1.82, 2.24) is 5.32 Å². The van der Waals surface area contributed by atoms with Gasteiger partial charge >= 0.3 is 0 Å². The molecular formula is C8H18N2O2S. The van der Waals surface area contributed by atoms with Gasteiger partial charge in [-0.25, -0.2) is 0 Å². The van der Waals surface area contributed by atoms with Crippen LogP contribution in [0.4, 0.5) is 0 Å². The Morgan fingerprint density at radius 1 is 1.54 bits per heavy atom. The number of carbonyl (C=O) groups is 1. The molecule has 1 unspecified atom stereocenters. The van der Waals surface area contributed by atoms with Gasteiger partial charge in [-0.3, -0.25) is 9.00 Å². The van der Waals surface area contributed by atoms with E-state index in [0.29, 0.717) is 18.7 Å². The average molecular weight is 206 g/mol. The van der Waals surface area contributed by atoms with E-state index in [1.54, 1.807) is 0 Å². The highest BCUT2D eigenvalue weighted by Crippen LogP contribution is 1.87. The SMILES string of the molecule is CC(C)NC(=O)CS(=O)CCCN. The molecule has 0 aliphatic rings. The van der Waals surface area contributed by atoms with Crippen molar-refractivity contribution in [2.45, 2.75) is 26.3 Å². The van der Waals surface area contributed by atoms with E-state index in [1.807, 2.05) is 13.8 Å². The van der Waals surface area contributed by atoms with Crippen LogP contribution in [0.5, 0.6) is 0 Å². The van der Waals surface area contributed by atoms with E-state index in [0.717, 1.165) is 0 Å². The zero-order valence-electron chi connectivity index (χ0n) is 8.21. The molecule has 78 valence electrons. The molecule has 0 aromatic carbocycles. The molecule has 3 N–H and O–H groups in total. The van der Waals surface area contributed by atoms with Crippen LogP contribution >= 0.6 is 0 Å². The van der Waals surface area contributed by atoms with Crippen LogP contribution in [0.3, 0.4) is 0 Å². The molecule has 0 aromatic heterocycles. The van der Waals surface area contributed by atoms with Crippen molar-refractivity contribution in [3.05, 3.63) is 0 Å². The predicted molar refractivity (Wildman–Crippen MR) is 54.8 cm³/mol. The molecule has 0 aliphatic heterocycles. The minimum Gasteiger partial charge on any atom is -0.353 e.